The highest BCUT2D eigenvalue weighted by molar-refractivity contribution is 6.07. The van der Waals surface area contributed by atoms with Crippen molar-refractivity contribution in [2.24, 2.45) is 5.10 Å². The van der Waals surface area contributed by atoms with E-state index in [0.717, 1.165) is 21.9 Å². The lowest BCUT2D eigenvalue weighted by Gasteiger charge is -2.13. The summed E-state index contributed by atoms with van der Waals surface area (Å²) in [5, 5.41) is 8.41. The van der Waals surface area contributed by atoms with E-state index in [-0.39, 0.29) is 5.91 Å². The predicted molar refractivity (Wildman–Crippen MR) is 145 cm³/mol. The lowest BCUT2D eigenvalue weighted by Crippen LogP contribution is -2.17. The second-order valence-corrected chi connectivity index (χ2v) is 8.29. The van der Waals surface area contributed by atoms with Crippen molar-refractivity contribution in [3.8, 4) is 11.5 Å². The first-order chi connectivity index (χ1) is 17.7. The molecule has 0 spiro atoms. The highest BCUT2D eigenvalue weighted by Gasteiger charge is 2.10. The molecule has 0 radical (unpaired) electrons. The molecule has 0 saturated heterocycles. The van der Waals surface area contributed by atoms with E-state index in [1.54, 1.807) is 12.3 Å². The van der Waals surface area contributed by atoms with Gasteiger partial charge in [0.15, 0.2) is 11.5 Å². The topological polar surface area (TPSA) is 59.9 Å². The molecule has 0 atom stereocenters. The van der Waals surface area contributed by atoms with Gasteiger partial charge >= 0.3 is 0 Å². The maximum Gasteiger partial charge on any atom is 0.271 e. The number of nitrogens with one attached hydrogen (secondary N) is 1. The average Bonchev–Trinajstić information content (AvgIpc) is 2.92. The standard InChI is InChI=1S/C31H26N2O3/c1-2-35-30-19-22(20-32-33-31(34)28-16-8-12-24-10-4-6-15-27(24)28)17-18-29(30)36-21-25-13-7-11-23-9-3-5-14-26(23)25/h3-20H,2,21H2,1H3,(H,33,34)/b32-20-. The Labute approximate surface area is 210 Å². The molecule has 5 aromatic carbocycles. The van der Waals surface area contributed by atoms with Crippen LogP contribution in [0.25, 0.3) is 21.5 Å². The molecule has 5 heteroatoms. The number of carbonyl (C=O) groups excluding carboxylic acids is 1. The van der Waals surface area contributed by atoms with E-state index < -0.39 is 0 Å². The number of hydrogen-bond donors (Lipinski definition) is 1. The van der Waals surface area contributed by atoms with Crippen LogP contribution in [0.3, 0.4) is 0 Å². The number of benzene rings is 5. The molecule has 0 saturated carbocycles. The molecule has 0 aliphatic carbocycles. The summed E-state index contributed by atoms with van der Waals surface area (Å²) in [5.74, 6) is 1.02. The first kappa shape index (κ1) is 23.1. The SMILES string of the molecule is CCOc1cc(/C=N\NC(=O)c2cccc3ccccc23)ccc1OCc1cccc2ccccc12. The van der Waals surface area contributed by atoms with E-state index in [1.807, 2.05) is 79.7 Å². The third kappa shape index (κ3) is 5.05. The Balaban J connectivity index is 1.29. The number of amides is 1. The Morgan fingerprint density at radius 3 is 2.28 bits per heavy atom. The minimum Gasteiger partial charge on any atom is -0.490 e. The maximum absolute atomic E-state index is 12.7. The van der Waals surface area contributed by atoms with Gasteiger partial charge in [0.2, 0.25) is 0 Å². The monoisotopic (exact) mass is 474 g/mol. The molecular formula is C31H26N2O3. The van der Waals surface area contributed by atoms with Crippen molar-refractivity contribution in [3.05, 3.63) is 120 Å². The van der Waals surface area contributed by atoms with E-state index in [1.165, 1.54) is 10.8 Å². The number of carbonyl (C=O) groups is 1. The first-order valence-corrected chi connectivity index (χ1v) is 11.9. The van der Waals surface area contributed by atoms with Gasteiger partial charge in [0.05, 0.1) is 12.8 Å². The predicted octanol–water partition coefficient (Wildman–Crippen LogP) is 6.73. The molecule has 1 N–H and O–H groups in total. The minimum absolute atomic E-state index is 0.261. The molecule has 5 aromatic rings. The molecule has 36 heavy (non-hydrogen) atoms. The third-order valence-corrected chi connectivity index (χ3v) is 5.94. The molecule has 0 aliphatic rings. The van der Waals surface area contributed by atoms with Crippen LogP contribution < -0.4 is 14.9 Å². The average molecular weight is 475 g/mol. The van der Waals surface area contributed by atoms with Crippen LogP contribution in [0, 0.1) is 0 Å². The van der Waals surface area contributed by atoms with Crippen LogP contribution in [-0.4, -0.2) is 18.7 Å². The van der Waals surface area contributed by atoms with Crippen LogP contribution in [0.4, 0.5) is 0 Å². The summed E-state index contributed by atoms with van der Waals surface area (Å²) in [6.45, 7) is 2.86. The van der Waals surface area contributed by atoms with E-state index in [0.29, 0.717) is 30.3 Å². The van der Waals surface area contributed by atoms with Gasteiger partial charge in [0.25, 0.3) is 5.91 Å². The number of fused-ring (bicyclic) bond motifs is 2. The van der Waals surface area contributed by atoms with Gasteiger partial charge in [0.1, 0.15) is 6.61 Å². The fraction of sp³-hybridized carbons (Fsp3) is 0.0968. The van der Waals surface area contributed by atoms with Crippen molar-refractivity contribution in [2.75, 3.05) is 6.61 Å². The Kier molecular flexibility index (Phi) is 6.90. The van der Waals surface area contributed by atoms with E-state index in [2.05, 4.69) is 34.8 Å². The minimum atomic E-state index is -0.261. The molecule has 0 bridgehead atoms. The number of rotatable bonds is 8. The van der Waals surface area contributed by atoms with Crippen LogP contribution in [0.5, 0.6) is 11.5 Å². The lowest BCUT2D eigenvalue weighted by molar-refractivity contribution is 0.0957. The molecule has 1 amide bonds. The summed E-state index contributed by atoms with van der Waals surface area (Å²) in [4.78, 5) is 12.7. The zero-order chi connectivity index (χ0) is 24.7. The number of nitrogens with zero attached hydrogens (tertiary/aromatic N) is 1. The summed E-state index contributed by atoms with van der Waals surface area (Å²) in [6, 6.07) is 33.5. The first-order valence-electron chi connectivity index (χ1n) is 11.9. The van der Waals surface area contributed by atoms with Gasteiger partial charge in [-0.2, -0.15) is 5.10 Å². The van der Waals surface area contributed by atoms with Crippen molar-refractivity contribution in [3.63, 3.8) is 0 Å². The molecule has 5 nitrogen and oxygen atoms in total. The van der Waals surface area contributed by atoms with Crippen LogP contribution in [0.2, 0.25) is 0 Å². The lowest BCUT2D eigenvalue weighted by atomic mass is 10.0. The summed E-state index contributed by atoms with van der Waals surface area (Å²) in [5.41, 5.74) is 5.10. The Morgan fingerprint density at radius 1 is 0.778 bits per heavy atom. The molecule has 0 heterocycles. The Morgan fingerprint density at radius 2 is 1.47 bits per heavy atom. The van der Waals surface area contributed by atoms with Crippen LogP contribution in [0.15, 0.2) is 108 Å². The normalized spacial score (nSPS) is 11.1. The van der Waals surface area contributed by atoms with Crippen molar-refractivity contribution in [1.82, 2.24) is 5.43 Å². The number of hydrazone groups is 1. The molecule has 0 aliphatic heterocycles. The van der Waals surface area contributed by atoms with Crippen LogP contribution in [0.1, 0.15) is 28.4 Å². The summed E-state index contributed by atoms with van der Waals surface area (Å²) < 4.78 is 12.0. The van der Waals surface area contributed by atoms with Crippen molar-refractivity contribution >= 4 is 33.7 Å². The van der Waals surface area contributed by atoms with Crippen molar-refractivity contribution in [2.45, 2.75) is 13.5 Å². The fourth-order valence-corrected chi connectivity index (χ4v) is 4.22. The summed E-state index contributed by atoms with van der Waals surface area (Å²) in [6.07, 6.45) is 1.60. The molecule has 178 valence electrons. The molecule has 0 aromatic heterocycles. The summed E-state index contributed by atoms with van der Waals surface area (Å²) >= 11 is 0. The van der Waals surface area contributed by atoms with Crippen LogP contribution >= 0.6 is 0 Å². The zero-order valence-electron chi connectivity index (χ0n) is 20.0. The summed E-state index contributed by atoms with van der Waals surface area (Å²) in [7, 11) is 0. The Hall–Kier alpha value is -4.64. The van der Waals surface area contributed by atoms with Gasteiger partial charge < -0.3 is 9.47 Å². The van der Waals surface area contributed by atoms with Crippen molar-refractivity contribution in [1.29, 1.82) is 0 Å². The zero-order valence-corrected chi connectivity index (χ0v) is 20.0. The highest BCUT2D eigenvalue weighted by atomic mass is 16.5. The second kappa shape index (κ2) is 10.7. The largest absolute Gasteiger partial charge is 0.490 e. The quantitative estimate of drug-likeness (QED) is 0.200. The van der Waals surface area contributed by atoms with Gasteiger partial charge in [-0.25, -0.2) is 5.43 Å². The fourth-order valence-electron chi connectivity index (χ4n) is 4.22. The van der Waals surface area contributed by atoms with E-state index in [4.69, 9.17) is 9.47 Å². The molecule has 0 fully saturated rings. The third-order valence-electron chi connectivity index (χ3n) is 5.94. The molecule has 0 unspecified atom stereocenters. The smallest absolute Gasteiger partial charge is 0.271 e. The van der Waals surface area contributed by atoms with E-state index in [9.17, 15) is 4.79 Å². The number of ether oxygens (including phenoxy) is 2. The van der Waals surface area contributed by atoms with Gasteiger partial charge in [-0.15, -0.1) is 0 Å². The molecule has 5 rings (SSSR count). The van der Waals surface area contributed by atoms with E-state index >= 15 is 0 Å². The second-order valence-electron chi connectivity index (χ2n) is 8.29. The van der Waals surface area contributed by atoms with Crippen molar-refractivity contribution < 1.29 is 14.3 Å². The Bertz CT molecular complexity index is 1550. The van der Waals surface area contributed by atoms with Gasteiger partial charge in [-0.05, 0) is 63.9 Å². The number of hydrogen-bond acceptors (Lipinski definition) is 4. The van der Waals surface area contributed by atoms with Gasteiger partial charge in [-0.3, -0.25) is 4.79 Å². The molecular weight excluding hydrogens is 448 g/mol. The van der Waals surface area contributed by atoms with Crippen LogP contribution in [-0.2, 0) is 6.61 Å². The maximum atomic E-state index is 12.7. The highest BCUT2D eigenvalue weighted by Crippen LogP contribution is 2.30. The van der Waals surface area contributed by atoms with Gasteiger partial charge in [0, 0.05) is 5.56 Å². The van der Waals surface area contributed by atoms with Gasteiger partial charge in [-0.1, -0.05) is 78.9 Å².